The van der Waals surface area contributed by atoms with Crippen molar-refractivity contribution in [3.05, 3.63) is 48.1 Å². The number of carbonyl (C=O) groups excluding carboxylic acids is 1. The molecule has 1 fully saturated rings. The van der Waals surface area contributed by atoms with Crippen LogP contribution in [0.15, 0.2) is 48.1 Å². The molecule has 2 N–H and O–H groups in total. The SMILES string of the molecule is CCOc1ccc(-c2csc(NC(=O)C3(n4cccn4)CCNCC3)n2)cc1. The lowest BCUT2D eigenvalue weighted by Crippen LogP contribution is -2.52. The normalized spacial score (nSPS) is 15.9. The topological polar surface area (TPSA) is 81.1 Å². The minimum Gasteiger partial charge on any atom is -0.494 e. The largest absolute Gasteiger partial charge is 0.494 e. The number of aromatic nitrogens is 3. The van der Waals surface area contributed by atoms with Gasteiger partial charge >= 0.3 is 0 Å². The Morgan fingerprint density at radius 1 is 1.32 bits per heavy atom. The lowest BCUT2D eigenvalue weighted by molar-refractivity contribution is -0.126. The van der Waals surface area contributed by atoms with Gasteiger partial charge in [0.25, 0.3) is 5.91 Å². The Morgan fingerprint density at radius 2 is 2.11 bits per heavy atom. The zero-order chi connectivity index (χ0) is 19.4. The van der Waals surface area contributed by atoms with E-state index in [0.717, 1.165) is 30.1 Å². The van der Waals surface area contributed by atoms with E-state index in [1.54, 1.807) is 10.9 Å². The molecule has 1 amide bonds. The Balaban J connectivity index is 1.52. The van der Waals surface area contributed by atoms with Crippen molar-refractivity contribution in [1.82, 2.24) is 20.1 Å². The maximum Gasteiger partial charge on any atom is 0.254 e. The van der Waals surface area contributed by atoms with Crippen LogP contribution in [0.4, 0.5) is 5.13 Å². The van der Waals surface area contributed by atoms with E-state index in [2.05, 4.69) is 20.7 Å². The number of amides is 1. The Labute approximate surface area is 167 Å². The molecule has 0 spiro atoms. The minimum absolute atomic E-state index is 0.0645. The highest BCUT2D eigenvalue weighted by atomic mass is 32.1. The number of nitrogens with one attached hydrogen (secondary N) is 2. The van der Waals surface area contributed by atoms with E-state index in [4.69, 9.17) is 4.74 Å². The Kier molecular flexibility index (Phi) is 5.40. The van der Waals surface area contributed by atoms with Gasteiger partial charge in [0.15, 0.2) is 5.13 Å². The van der Waals surface area contributed by atoms with Crippen molar-refractivity contribution >= 4 is 22.4 Å². The molecule has 2 aromatic heterocycles. The summed E-state index contributed by atoms with van der Waals surface area (Å²) in [7, 11) is 0. The summed E-state index contributed by atoms with van der Waals surface area (Å²) in [6.45, 7) is 4.16. The maximum absolute atomic E-state index is 13.2. The Hall–Kier alpha value is -2.71. The average Bonchev–Trinajstić information content (AvgIpc) is 3.42. The Morgan fingerprint density at radius 3 is 2.79 bits per heavy atom. The van der Waals surface area contributed by atoms with E-state index in [0.29, 0.717) is 24.6 Å². The molecule has 1 aromatic carbocycles. The summed E-state index contributed by atoms with van der Waals surface area (Å²) in [4.78, 5) is 17.8. The molecule has 0 radical (unpaired) electrons. The molecular weight excluding hydrogens is 374 g/mol. The van der Waals surface area contributed by atoms with Crippen LogP contribution in [0, 0.1) is 0 Å². The first-order chi connectivity index (χ1) is 13.7. The highest BCUT2D eigenvalue weighted by Crippen LogP contribution is 2.31. The first kappa shape index (κ1) is 18.6. The third kappa shape index (κ3) is 3.65. The summed E-state index contributed by atoms with van der Waals surface area (Å²) >= 11 is 1.43. The van der Waals surface area contributed by atoms with Crippen molar-refractivity contribution in [3.63, 3.8) is 0 Å². The van der Waals surface area contributed by atoms with Crippen molar-refractivity contribution in [3.8, 4) is 17.0 Å². The molecule has 8 heteroatoms. The van der Waals surface area contributed by atoms with Gasteiger partial charge in [-0.2, -0.15) is 5.10 Å². The van der Waals surface area contributed by atoms with E-state index in [1.165, 1.54) is 11.3 Å². The number of thiazole rings is 1. The molecule has 7 nitrogen and oxygen atoms in total. The molecule has 28 heavy (non-hydrogen) atoms. The van der Waals surface area contributed by atoms with Crippen LogP contribution in [0.1, 0.15) is 19.8 Å². The number of hydrogen-bond donors (Lipinski definition) is 2. The van der Waals surface area contributed by atoms with Crippen molar-refractivity contribution in [1.29, 1.82) is 0 Å². The van der Waals surface area contributed by atoms with Gasteiger partial charge in [0, 0.05) is 23.3 Å². The second-order valence-corrected chi connectivity index (χ2v) is 7.54. The highest BCUT2D eigenvalue weighted by Gasteiger charge is 2.42. The number of benzene rings is 1. The molecule has 1 aliphatic heterocycles. The molecule has 0 atom stereocenters. The highest BCUT2D eigenvalue weighted by molar-refractivity contribution is 7.14. The van der Waals surface area contributed by atoms with Crippen LogP contribution in [0.3, 0.4) is 0 Å². The minimum atomic E-state index is -0.681. The van der Waals surface area contributed by atoms with Crippen LogP contribution >= 0.6 is 11.3 Å². The van der Waals surface area contributed by atoms with E-state index in [9.17, 15) is 4.79 Å². The molecule has 3 heterocycles. The summed E-state index contributed by atoms with van der Waals surface area (Å²) in [6.07, 6.45) is 4.96. The number of piperidine rings is 1. The summed E-state index contributed by atoms with van der Waals surface area (Å²) < 4.78 is 7.26. The van der Waals surface area contributed by atoms with Gasteiger partial charge < -0.3 is 10.1 Å². The van der Waals surface area contributed by atoms with Crippen molar-refractivity contribution in [2.75, 3.05) is 25.0 Å². The van der Waals surface area contributed by atoms with Crippen LogP contribution in [0.25, 0.3) is 11.3 Å². The zero-order valence-electron chi connectivity index (χ0n) is 15.7. The smallest absolute Gasteiger partial charge is 0.254 e. The molecule has 1 saturated heterocycles. The molecule has 4 rings (SSSR count). The predicted molar refractivity (Wildman–Crippen MR) is 110 cm³/mol. The van der Waals surface area contributed by atoms with Gasteiger partial charge in [-0.15, -0.1) is 11.3 Å². The van der Waals surface area contributed by atoms with Gasteiger partial charge in [-0.3, -0.25) is 14.8 Å². The van der Waals surface area contributed by atoms with Crippen molar-refractivity contribution < 1.29 is 9.53 Å². The summed E-state index contributed by atoms with van der Waals surface area (Å²) in [6, 6.07) is 9.66. The second-order valence-electron chi connectivity index (χ2n) is 6.68. The maximum atomic E-state index is 13.2. The van der Waals surface area contributed by atoms with Crippen LogP contribution < -0.4 is 15.4 Å². The second kappa shape index (κ2) is 8.12. The summed E-state index contributed by atoms with van der Waals surface area (Å²) in [5.41, 5.74) is 1.14. The van der Waals surface area contributed by atoms with Gasteiger partial charge in [0.1, 0.15) is 11.3 Å². The number of rotatable bonds is 6. The number of anilines is 1. The molecule has 3 aromatic rings. The van der Waals surface area contributed by atoms with Gasteiger partial charge in [0.2, 0.25) is 0 Å². The molecule has 0 saturated carbocycles. The molecule has 0 bridgehead atoms. The van der Waals surface area contributed by atoms with E-state index in [-0.39, 0.29) is 5.91 Å². The summed E-state index contributed by atoms with van der Waals surface area (Å²) in [5, 5.41) is 13.2. The van der Waals surface area contributed by atoms with Gasteiger partial charge in [-0.05, 0) is 63.2 Å². The van der Waals surface area contributed by atoms with Crippen molar-refractivity contribution in [2.24, 2.45) is 0 Å². The predicted octanol–water partition coefficient (Wildman–Crippen LogP) is 3.12. The molecular formula is C20H23N5O2S. The van der Waals surface area contributed by atoms with E-state index >= 15 is 0 Å². The zero-order valence-corrected chi connectivity index (χ0v) is 16.5. The number of hydrogen-bond acceptors (Lipinski definition) is 6. The van der Waals surface area contributed by atoms with Gasteiger partial charge in [-0.25, -0.2) is 4.98 Å². The van der Waals surface area contributed by atoms with Crippen LogP contribution in [0.2, 0.25) is 0 Å². The lowest BCUT2D eigenvalue weighted by Gasteiger charge is -2.36. The molecule has 146 valence electrons. The summed E-state index contributed by atoms with van der Waals surface area (Å²) in [5.74, 6) is 0.771. The fourth-order valence-electron chi connectivity index (χ4n) is 3.49. The van der Waals surface area contributed by atoms with E-state index < -0.39 is 5.54 Å². The molecule has 1 aliphatic rings. The van der Waals surface area contributed by atoms with Crippen LogP contribution in [-0.4, -0.2) is 40.4 Å². The van der Waals surface area contributed by atoms with E-state index in [1.807, 2.05) is 48.8 Å². The Bertz CT molecular complexity index is 914. The van der Waals surface area contributed by atoms with Crippen LogP contribution in [0.5, 0.6) is 5.75 Å². The van der Waals surface area contributed by atoms with Crippen LogP contribution in [-0.2, 0) is 10.3 Å². The fraction of sp³-hybridized carbons (Fsp3) is 0.350. The quantitative estimate of drug-likeness (QED) is 0.668. The standard InChI is InChI=1S/C20H23N5O2S/c1-2-27-16-6-4-15(5-7-16)17-14-28-19(23-17)24-18(26)20(8-11-21-12-9-20)25-13-3-10-22-25/h3-7,10,13-14,21H,2,8-9,11-12H2,1H3,(H,23,24,26). The monoisotopic (exact) mass is 397 g/mol. The third-order valence-corrected chi connectivity index (χ3v) is 5.74. The number of carbonyl (C=O) groups is 1. The molecule has 0 aliphatic carbocycles. The lowest BCUT2D eigenvalue weighted by atomic mass is 9.87. The van der Waals surface area contributed by atoms with Gasteiger partial charge in [-0.1, -0.05) is 0 Å². The van der Waals surface area contributed by atoms with Gasteiger partial charge in [0.05, 0.1) is 12.3 Å². The van der Waals surface area contributed by atoms with Crippen molar-refractivity contribution in [2.45, 2.75) is 25.3 Å². The molecule has 0 unspecified atom stereocenters. The first-order valence-corrected chi connectivity index (χ1v) is 10.3. The average molecular weight is 398 g/mol. The fourth-order valence-corrected chi connectivity index (χ4v) is 4.20. The number of nitrogens with zero attached hydrogens (tertiary/aromatic N) is 3. The third-order valence-electron chi connectivity index (χ3n) is 4.98. The number of ether oxygens (including phenoxy) is 1. The first-order valence-electron chi connectivity index (χ1n) is 9.42.